The molecule has 0 aliphatic carbocycles. The lowest BCUT2D eigenvalue weighted by Crippen LogP contribution is -2.40. The molecule has 0 bridgehead atoms. The van der Waals surface area contributed by atoms with Gasteiger partial charge in [0.15, 0.2) is 0 Å². The third kappa shape index (κ3) is 4.22. The zero-order valence-corrected chi connectivity index (χ0v) is 11.6. The van der Waals surface area contributed by atoms with Gasteiger partial charge in [-0.3, -0.25) is 4.79 Å². The van der Waals surface area contributed by atoms with Gasteiger partial charge in [0.05, 0.1) is 13.2 Å². The predicted octanol–water partition coefficient (Wildman–Crippen LogP) is 0.828. The molecule has 1 aromatic carbocycles. The number of nitrogens with one attached hydrogen (secondary N) is 1. The van der Waals surface area contributed by atoms with Gasteiger partial charge in [-0.25, -0.2) is 0 Å². The summed E-state index contributed by atoms with van der Waals surface area (Å²) >= 11 is 0. The highest BCUT2D eigenvalue weighted by Crippen LogP contribution is 2.24. The molecule has 4 N–H and O–H groups in total. The van der Waals surface area contributed by atoms with E-state index in [9.17, 15) is 9.90 Å². The van der Waals surface area contributed by atoms with Gasteiger partial charge in [0.2, 0.25) is 5.91 Å². The topological polar surface area (TPSA) is 84.6 Å². The Hall–Kier alpha value is -1.59. The molecule has 5 heteroatoms. The summed E-state index contributed by atoms with van der Waals surface area (Å²) in [6, 6.07) is 6.96. The SMILES string of the molecule is COc1ccccc1C(O)CNC(=O)C(C)C(C)N. The van der Waals surface area contributed by atoms with Crippen LogP contribution in [0.1, 0.15) is 25.5 Å². The van der Waals surface area contributed by atoms with Crippen LogP contribution >= 0.6 is 0 Å². The number of hydrogen-bond donors (Lipinski definition) is 3. The Bertz CT molecular complexity index is 421. The second-order valence-electron chi connectivity index (χ2n) is 4.65. The first-order valence-electron chi connectivity index (χ1n) is 6.31. The van der Waals surface area contributed by atoms with Crippen molar-refractivity contribution >= 4 is 5.91 Å². The van der Waals surface area contributed by atoms with Crippen LogP contribution in [0, 0.1) is 5.92 Å². The van der Waals surface area contributed by atoms with E-state index in [4.69, 9.17) is 10.5 Å². The minimum atomic E-state index is -0.805. The first kappa shape index (κ1) is 15.5. The van der Waals surface area contributed by atoms with Crippen LogP contribution in [0.15, 0.2) is 24.3 Å². The van der Waals surface area contributed by atoms with E-state index in [-0.39, 0.29) is 24.4 Å². The normalized spacial score (nSPS) is 15.4. The zero-order valence-electron chi connectivity index (χ0n) is 11.6. The minimum absolute atomic E-state index is 0.135. The zero-order chi connectivity index (χ0) is 14.4. The fourth-order valence-corrected chi connectivity index (χ4v) is 1.65. The van der Waals surface area contributed by atoms with Gasteiger partial charge in [0.1, 0.15) is 5.75 Å². The number of para-hydroxylation sites is 1. The average Bonchev–Trinajstić information content (AvgIpc) is 2.43. The van der Waals surface area contributed by atoms with Crippen molar-refractivity contribution in [3.05, 3.63) is 29.8 Å². The molecule has 0 aromatic heterocycles. The molecule has 0 saturated carbocycles. The molecule has 0 saturated heterocycles. The smallest absolute Gasteiger partial charge is 0.224 e. The van der Waals surface area contributed by atoms with Crippen molar-refractivity contribution in [3.8, 4) is 5.75 Å². The Morgan fingerprint density at radius 1 is 1.42 bits per heavy atom. The molecule has 5 nitrogen and oxygen atoms in total. The molecule has 1 aromatic rings. The molecule has 0 heterocycles. The fraction of sp³-hybridized carbons (Fsp3) is 0.500. The van der Waals surface area contributed by atoms with Crippen LogP contribution in [0.25, 0.3) is 0 Å². The van der Waals surface area contributed by atoms with Gasteiger partial charge in [-0.1, -0.05) is 25.1 Å². The van der Waals surface area contributed by atoms with E-state index in [1.807, 2.05) is 12.1 Å². The van der Waals surface area contributed by atoms with E-state index in [2.05, 4.69) is 5.32 Å². The van der Waals surface area contributed by atoms with Crippen LogP contribution in [0.3, 0.4) is 0 Å². The van der Waals surface area contributed by atoms with Crippen molar-refractivity contribution < 1.29 is 14.6 Å². The molecule has 0 aliphatic heterocycles. The number of hydrogen-bond acceptors (Lipinski definition) is 4. The van der Waals surface area contributed by atoms with Crippen LogP contribution in [0.5, 0.6) is 5.75 Å². The number of carbonyl (C=O) groups is 1. The molecule has 0 fully saturated rings. The molecular weight excluding hydrogens is 244 g/mol. The Balaban J connectivity index is 2.60. The molecule has 3 atom stereocenters. The molecule has 106 valence electrons. The summed E-state index contributed by atoms with van der Waals surface area (Å²) in [6.45, 7) is 3.67. The summed E-state index contributed by atoms with van der Waals surface area (Å²) in [4.78, 5) is 11.7. The van der Waals surface area contributed by atoms with Crippen LogP contribution < -0.4 is 15.8 Å². The van der Waals surface area contributed by atoms with Gasteiger partial charge in [-0.2, -0.15) is 0 Å². The van der Waals surface area contributed by atoms with E-state index in [1.54, 1.807) is 33.1 Å². The number of aliphatic hydroxyl groups is 1. The number of aliphatic hydroxyl groups excluding tert-OH is 1. The lowest BCUT2D eigenvalue weighted by molar-refractivity contribution is -0.125. The molecular formula is C14H22N2O3. The van der Waals surface area contributed by atoms with Crippen molar-refractivity contribution in [2.45, 2.75) is 26.0 Å². The summed E-state index contributed by atoms with van der Waals surface area (Å²) in [6.07, 6.45) is -0.805. The van der Waals surface area contributed by atoms with Gasteiger partial charge in [0.25, 0.3) is 0 Å². The number of rotatable bonds is 6. The lowest BCUT2D eigenvalue weighted by Gasteiger charge is -2.18. The summed E-state index contributed by atoms with van der Waals surface area (Å²) < 4.78 is 5.17. The van der Waals surface area contributed by atoms with E-state index >= 15 is 0 Å². The highest BCUT2D eigenvalue weighted by Gasteiger charge is 2.19. The van der Waals surface area contributed by atoms with Crippen LogP contribution in [0.2, 0.25) is 0 Å². The number of amides is 1. The summed E-state index contributed by atoms with van der Waals surface area (Å²) in [5.41, 5.74) is 6.31. The van der Waals surface area contributed by atoms with Crippen LogP contribution in [0.4, 0.5) is 0 Å². The largest absolute Gasteiger partial charge is 0.496 e. The van der Waals surface area contributed by atoms with E-state index in [1.165, 1.54) is 0 Å². The number of nitrogens with two attached hydrogens (primary N) is 1. The summed E-state index contributed by atoms with van der Waals surface area (Å²) in [5, 5.41) is 12.8. The Morgan fingerprint density at radius 2 is 2.05 bits per heavy atom. The maximum atomic E-state index is 11.7. The molecule has 0 spiro atoms. The van der Waals surface area contributed by atoms with Crippen LogP contribution in [-0.4, -0.2) is 30.7 Å². The second kappa shape index (κ2) is 7.11. The van der Waals surface area contributed by atoms with Crippen LogP contribution in [-0.2, 0) is 4.79 Å². The third-order valence-electron chi connectivity index (χ3n) is 3.17. The van der Waals surface area contributed by atoms with Crippen molar-refractivity contribution in [1.29, 1.82) is 0 Å². The number of carbonyl (C=O) groups excluding carboxylic acids is 1. The van der Waals surface area contributed by atoms with Gasteiger partial charge in [0, 0.05) is 24.1 Å². The number of benzene rings is 1. The van der Waals surface area contributed by atoms with Crippen molar-refractivity contribution in [2.24, 2.45) is 11.7 Å². The van der Waals surface area contributed by atoms with E-state index in [0.717, 1.165) is 0 Å². The van der Waals surface area contributed by atoms with Crippen molar-refractivity contribution in [3.63, 3.8) is 0 Å². The van der Waals surface area contributed by atoms with Crippen molar-refractivity contribution in [1.82, 2.24) is 5.32 Å². The standard InChI is InChI=1S/C14H22N2O3/c1-9(10(2)15)14(18)16-8-12(17)11-6-4-5-7-13(11)19-3/h4-7,9-10,12,17H,8,15H2,1-3H3,(H,16,18). The quantitative estimate of drug-likeness (QED) is 0.712. The van der Waals surface area contributed by atoms with Gasteiger partial charge in [-0.05, 0) is 13.0 Å². The predicted molar refractivity (Wildman–Crippen MR) is 73.8 cm³/mol. The molecule has 1 rings (SSSR count). The maximum absolute atomic E-state index is 11.7. The highest BCUT2D eigenvalue weighted by atomic mass is 16.5. The second-order valence-corrected chi connectivity index (χ2v) is 4.65. The Labute approximate surface area is 113 Å². The van der Waals surface area contributed by atoms with Crippen molar-refractivity contribution in [2.75, 3.05) is 13.7 Å². The first-order valence-corrected chi connectivity index (χ1v) is 6.31. The molecule has 1 amide bonds. The van der Waals surface area contributed by atoms with Gasteiger partial charge >= 0.3 is 0 Å². The Morgan fingerprint density at radius 3 is 2.63 bits per heavy atom. The van der Waals surface area contributed by atoms with E-state index in [0.29, 0.717) is 11.3 Å². The minimum Gasteiger partial charge on any atom is -0.496 e. The number of ether oxygens (including phenoxy) is 1. The molecule has 0 radical (unpaired) electrons. The molecule has 0 aliphatic rings. The fourth-order valence-electron chi connectivity index (χ4n) is 1.65. The average molecular weight is 266 g/mol. The monoisotopic (exact) mass is 266 g/mol. The van der Waals surface area contributed by atoms with E-state index < -0.39 is 6.10 Å². The van der Waals surface area contributed by atoms with Gasteiger partial charge in [-0.15, -0.1) is 0 Å². The number of methoxy groups -OCH3 is 1. The first-order chi connectivity index (χ1) is 8.97. The molecule has 19 heavy (non-hydrogen) atoms. The molecule has 3 unspecified atom stereocenters. The third-order valence-corrected chi connectivity index (χ3v) is 3.17. The summed E-state index contributed by atoms with van der Waals surface area (Å²) in [5.74, 6) is 0.151. The van der Waals surface area contributed by atoms with Gasteiger partial charge < -0.3 is 20.9 Å². The Kier molecular flexibility index (Phi) is 5.79. The lowest BCUT2D eigenvalue weighted by atomic mass is 10.0. The maximum Gasteiger partial charge on any atom is 0.224 e. The highest BCUT2D eigenvalue weighted by molar-refractivity contribution is 5.78. The summed E-state index contributed by atoms with van der Waals surface area (Å²) in [7, 11) is 1.54.